The summed E-state index contributed by atoms with van der Waals surface area (Å²) in [5.41, 5.74) is 1.07. The average molecular weight is 364 g/mol. The van der Waals surface area contributed by atoms with Crippen LogP contribution in [0.3, 0.4) is 0 Å². The lowest BCUT2D eigenvalue weighted by molar-refractivity contribution is -0.386. The van der Waals surface area contributed by atoms with Gasteiger partial charge in [0.05, 0.1) is 11.0 Å². The molecule has 6 nitrogen and oxygen atoms in total. The predicted molar refractivity (Wildman–Crippen MR) is 91.5 cm³/mol. The zero-order valence-corrected chi connectivity index (χ0v) is 13.8. The van der Waals surface area contributed by atoms with E-state index in [2.05, 4.69) is 10.1 Å². The van der Waals surface area contributed by atoms with E-state index in [1.54, 1.807) is 0 Å². The van der Waals surface area contributed by atoms with Crippen molar-refractivity contribution in [2.75, 3.05) is 11.9 Å². The van der Waals surface area contributed by atoms with Gasteiger partial charge in [-0.3, -0.25) is 10.1 Å². The number of nitro benzene ring substituents is 1. The van der Waals surface area contributed by atoms with Gasteiger partial charge < -0.3 is 14.8 Å². The number of nitro groups is 1. The van der Waals surface area contributed by atoms with Crippen LogP contribution in [0.1, 0.15) is 24.5 Å². The van der Waals surface area contributed by atoms with Crippen LogP contribution in [-0.2, 0) is 4.74 Å². The van der Waals surface area contributed by atoms with Gasteiger partial charge in [-0.15, -0.1) is 0 Å². The van der Waals surface area contributed by atoms with Crippen LogP contribution in [0, 0.1) is 10.1 Å². The van der Waals surface area contributed by atoms with Crippen molar-refractivity contribution in [1.29, 1.82) is 0 Å². The minimum absolute atomic E-state index is 0.0508. The van der Waals surface area contributed by atoms with Crippen molar-refractivity contribution in [2.45, 2.75) is 31.6 Å². The number of nitrogens with one attached hydrogen (secondary N) is 1. The molecule has 2 aromatic carbocycles. The standard InChI is InChI=1S/C18H18F2N2O4/c19-18(20)26-17-11-13(6-7-15(17)22(23)24)21-14-8-9-25-16(10-14)12-4-2-1-3-5-12/h1-7,11,14,16,18,21H,8-10H2. The fourth-order valence-corrected chi connectivity index (χ4v) is 3.01. The number of hydrogen-bond donors (Lipinski definition) is 1. The van der Waals surface area contributed by atoms with Gasteiger partial charge in [-0.25, -0.2) is 0 Å². The molecule has 2 atom stereocenters. The monoisotopic (exact) mass is 364 g/mol. The normalized spacial score (nSPS) is 20.0. The molecule has 0 spiro atoms. The number of hydrogen-bond acceptors (Lipinski definition) is 5. The number of rotatable bonds is 6. The Kier molecular flexibility index (Phi) is 5.62. The third-order valence-electron chi connectivity index (χ3n) is 4.20. The molecule has 1 N–H and O–H groups in total. The molecule has 1 heterocycles. The topological polar surface area (TPSA) is 73.6 Å². The Bertz CT molecular complexity index is 758. The summed E-state index contributed by atoms with van der Waals surface area (Å²) in [6.45, 7) is -2.57. The Labute approximate surface area is 148 Å². The molecule has 1 aliphatic rings. The second-order valence-corrected chi connectivity index (χ2v) is 5.95. The van der Waals surface area contributed by atoms with Gasteiger partial charge in [0.2, 0.25) is 5.75 Å². The highest BCUT2D eigenvalue weighted by atomic mass is 19.3. The average Bonchev–Trinajstić information content (AvgIpc) is 2.62. The molecule has 0 aliphatic carbocycles. The highest BCUT2D eigenvalue weighted by molar-refractivity contribution is 5.58. The number of ether oxygens (including phenoxy) is 2. The molecular formula is C18H18F2N2O4. The molecule has 1 aliphatic heterocycles. The number of alkyl halides is 2. The molecular weight excluding hydrogens is 346 g/mol. The van der Waals surface area contributed by atoms with Gasteiger partial charge in [-0.05, 0) is 24.5 Å². The lowest BCUT2D eigenvalue weighted by Gasteiger charge is -2.31. The van der Waals surface area contributed by atoms with Gasteiger partial charge in [-0.2, -0.15) is 8.78 Å². The lowest BCUT2D eigenvalue weighted by Crippen LogP contribution is -2.30. The zero-order chi connectivity index (χ0) is 18.5. The van der Waals surface area contributed by atoms with Crippen molar-refractivity contribution < 1.29 is 23.2 Å². The van der Waals surface area contributed by atoms with Gasteiger partial charge in [0.25, 0.3) is 0 Å². The van der Waals surface area contributed by atoms with E-state index in [4.69, 9.17) is 4.74 Å². The third kappa shape index (κ3) is 4.45. The molecule has 138 valence electrons. The van der Waals surface area contributed by atoms with Crippen molar-refractivity contribution >= 4 is 11.4 Å². The first-order valence-corrected chi connectivity index (χ1v) is 8.19. The molecule has 8 heteroatoms. The summed E-state index contributed by atoms with van der Waals surface area (Å²) in [6.07, 6.45) is 1.38. The maximum atomic E-state index is 12.5. The van der Waals surface area contributed by atoms with Crippen LogP contribution in [0.4, 0.5) is 20.2 Å². The fraction of sp³-hybridized carbons (Fsp3) is 0.333. The molecule has 0 saturated carbocycles. The van der Waals surface area contributed by atoms with E-state index >= 15 is 0 Å². The molecule has 3 rings (SSSR count). The number of benzene rings is 2. The molecule has 0 bridgehead atoms. The maximum Gasteiger partial charge on any atom is 0.387 e. The van der Waals surface area contributed by atoms with E-state index in [0.717, 1.165) is 18.1 Å². The van der Waals surface area contributed by atoms with E-state index in [1.807, 2.05) is 30.3 Å². The molecule has 26 heavy (non-hydrogen) atoms. The van der Waals surface area contributed by atoms with E-state index in [1.165, 1.54) is 12.1 Å². The van der Waals surface area contributed by atoms with Crippen LogP contribution >= 0.6 is 0 Å². The van der Waals surface area contributed by atoms with Crippen molar-refractivity contribution in [3.05, 3.63) is 64.2 Å². The smallest absolute Gasteiger partial charge is 0.387 e. The van der Waals surface area contributed by atoms with Gasteiger partial charge in [0.15, 0.2) is 0 Å². The van der Waals surface area contributed by atoms with Crippen molar-refractivity contribution in [3.63, 3.8) is 0 Å². The first-order chi connectivity index (χ1) is 12.5. The minimum atomic E-state index is -3.13. The number of nitrogens with zero attached hydrogens (tertiary/aromatic N) is 1. The summed E-state index contributed by atoms with van der Waals surface area (Å²) >= 11 is 0. The van der Waals surface area contributed by atoms with Crippen molar-refractivity contribution in [1.82, 2.24) is 0 Å². The molecule has 0 amide bonds. The lowest BCUT2D eigenvalue weighted by atomic mass is 9.97. The summed E-state index contributed by atoms with van der Waals surface area (Å²) in [5.74, 6) is -0.457. The predicted octanol–water partition coefficient (Wildman–Crippen LogP) is 4.53. The molecule has 1 saturated heterocycles. The largest absolute Gasteiger partial charge is 0.427 e. The van der Waals surface area contributed by atoms with Crippen molar-refractivity contribution in [2.24, 2.45) is 0 Å². The Balaban J connectivity index is 1.72. The van der Waals surface area contributed by atoms with E-state index in [-0.39, 0.29) is 12.1 Å². The van der Waals surface area contributed by atoms with Crippen LogP contribution in [0.15, 0.2) is 48.5 Å². The maximum absolute atomic E-state index is 12.5. The Morgan fingerprint density at radius 3 is 2.69 bits per heavy atom. The summed E-state index contributed by atoms with van der Waals surface area (Å²) < 4.78 is 35.1. The Hall–Kier alpha value is -2.74. The summed E-state index contributed by atoms with van der Waals surface area (Å²) in [4.78, 5) is 10.2. The first-order valence-electron chi connectivity index (χ1n) is 8.19. The highest BCUT2D eigenvalue weighted by Gasteiger charge is 2.25. The zero-order valence-electron chi connectivity index (χ0n) is 13.8. The fourth-order valence-electron chi connectivity index (χ4n) is 3.01. The SMILES string of the molecule is O=[N+]([O-])c1ccc(NC2CCOC(c3ccccc3)C2)cc1OC(F)F. The third-order valence-corrected chi connectivity index (χ3v) is 4.20. The number of halogens is 2. The van der Waals surface area contributed by atoms with Crippen LogP contribution in [0.25, 0.3) is 0 Å². The first kappa shape index (κ1) is 18.1. The second-order valence-electron chi connectivity index (χ2n) is 5.95. The Morgan fingerprint density at radius 1 is 1.23 bits per heavy atom. The van der Waals surface area contributed by atoms with Gasteiger partial charge in [-0.1, -0.05) is 30.3 Å². The quantitative estimate of drug-likeness (QED) is 0.602. The van der Waals surface area contributed by atoms with Crippen molar-refractivity contribution in [3.8, 4) is 5.75 Å². The highest BCUT2D eigenvalue weighted by Crippen LogP contribution is 2.34. The summed E-state index contributed by atoms with van der Waals surface area (Å²) in [6, 6.07) is 13.7. The van der Waals surface area contributed by atoms with E-state index in [0.29, 0.717) is 18.7 Å². The Morgan fingerprint density at radius 2 is 2.00 bits per heavy atom. The molecule has 0 aromatic heterocycles. The molecule has 1 fully saturated rings. The van der Waals surface area contributed by atoms with Crippen LogP contribution in [-0.4, -0.2) is 24.2 Å². The van der Waals surface area contributed by atoms with E-state index in [9.17, 15) is 18.9 Å². The summed E-state index contributed by atoms with van der Waals surface area (Å²) in [7, 11) is 0. The van der Waals surface area contributed by atoms with Crippen LogP contribution in [0.5, 0.6) is 5.75 Å². The van der Waals surface area contributed by atoms with Crippen LogP contribution < -0.4 is 10.1 Å². The molecule has 0 radical (unpaired) electrons. The summed E-state index contributed by atoms with van der Waals surface area (Å²) in [5, 5.41) is 14.2. The molecule has 2 unspecified atom stereocenters. The number of anilines is 1. The van der Waals surface area contributed by atoms with Gasteiger partial charge >= 0.3 is 12.3 Å². The van der Waals surface area contributed by atoms with E-state index < -0.39 is 23.0 Å². The molecule has 2 aromatic rings. The van der Waals surface area contributed by atoms with Gasteiger partial charge in [0, 0.05) is 30.5 Å². The second kappa shape index (κ2) is 8.09. The minimum Gasteiger partial charge on any atom is -0.427 e. The van der Waals surface area contributed by atoms with Gasteiger partial charge in [0.1, 0.15) is 0 Å². The van der Waals surface area contributed by atoms with Crippen LogP contribution in [0.2, 0.25) is 0 Å².